The second-order valence-electron chi connectivity index (χ2n) is 7.42. The predicted molar refractivity (Wildman–Crippen MR) is 145 cm³/mol. The van der Waals surface area contributed by atoms with Crippen LogP contribution in [0.25, 0.3) is 0 Å². The van der Waals surface area contributed by atoms with Crippen LogP contribution in [-0.2, 0) is 9.53 Å². The molecule has 6 nitrogen and oxygen atoms in total. The fourth-order valence-corrected chi connectivity index (χ4v) is 5.36. The van der Waals surface area contributed by atoms with Gasteiger partial charge in [0.15, 0.2) is 0 Å². The normalized spacial score (nSPS) is 19.3. The fourth-order valence-electron chi connectivity index (χ4n) is 3.66. The maximum absolute atomic E-state index is 12.5. The highest BCUT2D eigenvalue weighted by Gasteiger charge is 2.51. The van der Waals surface area contributed by atoms with E-state index in [0.717, 1.165) is 31.6 Å². The number of allylic oxidation sites excluding steroid dienone is 1. The van der Waals surface area contributed by atoms with Crippen LogP contribution in [0, 0.1) is 0 Å². The number of para-hydroxylation sites is 1. The molecule has 0 fully saturated rings. The Bertz CT molecular complexity index is 1310. The van der Waals surface area contributed by atoms with E-state index in [1.165, 1.54) is 18.9 Å². The maximum Gasteiger partial charge on any atom is 0.365 e. The van der Waals surface area contributed by atoms with Crippen LogP contribution in [0.15, 0.2) is 110 Å². The molecule has 0 radical (unpaired) electrons. The third kappa shape index (κ3) is 4.19. The van der Waals surface area contributed by atoms with Crippen molar-refractivity contribution < 1.29 is 9.53 Å². The Hall–Kier alpha value is -2.88. The van der Waals surface area contributed by atoms with Gasteiger partial charge in [0.2, 0.25) is 10.0 Å². The number of rotatable bonds is 4. The smallest absolute Gasteiger partial charge is 0.365 e. The topological polar surface area (TPSA) is 57.5 Å². The molecule has 0 N–H and O–H groups in total. The third-order valence-electron chi connectivity index (χ3n) is 5.28. The van der Waals surface area contributed by atoms with E-state index >= 15 is 0 Å². The Balaban J connectivity index is 1.66. The van der Waals surface area contributed by atoms with Gasteiger partial charge in [0.25, 0.3) is 0 Å². The molecule has 2 aliphatic heterocycles. The molecule has 34 heavy (non-hydrogen) atoms. The summed E-state index contributed by atoms with van der Waals surface area (Å²) >= 11 is 8.27. The number of anilines is 2. The molecule has 0 saturated heterocycles. The minimum Gasteiger partial charge on any atom is -0.464 e. The van der Waals surface area contributed by atoms with Gasteiger partial charge in [-0.05, 0) is 72.4 Å². The van der Waals surface area contributed by atoms with E-state index in [0.29, 0.717) is 0 Å². The van der Waals surface area contributed by atoms with Crippen LogP contribution in [0.2, 0.25) is 0 Å². The van der Waals surface area contributed by atoms with Gasteiger partial charge in [-0.1, -0.05) is 62.2 Å². The molecule has 170 valence electrons. The molecule has 0 aromatic heterocycles. The van der Waals surface area contributed by atoms with Crippen molar-refractivity contribution in [3.05, 3.63) is 106 Å². The van der Waals surface area contributed by atoms with Crippen molar-refractivity contribution in [3.8, 4) is 0 Å². The summed E-state index contributed by atoms with van der Waals surface area (Å²) in [5.41, 5.74) is 3.44. The molecule has 1 atom stereocenters. The Morgan fingerprint density at radius 3 is 2.09 bits per heavy atom. The van der Waals surface area contributed by atoms with Gasteiger partial charge in [-0.3, -0.25) is 0 Å². The zero-order valence-corrected chi connectivity index (χ0v) is 21.9. The Morgan fingerprint density at radius 2 is 1.44 bits per heavy atom. The van der Waals surface area contributed by atoms with Crippen LogP contribution >= 0.6 is 43.6 Å². The van der Waals surface area contributed by atoms with E-state index in [2.05, 4.69) is 37.0 Å². The van der Waals surface area contributed by atoms with Gasteiger partial charge >= 0.3 is 5.97 Å². The minimum atomic E-state index is -0.947. The van der Waals surface area contributed by atoms with Crippen LogP contribution in [0.5, 0.6) is 0 Å². The molecule has 0 amide bonds. The summed E-state index contributed by atoms with van der Waals surface area (Å²) in [4.78, 5) is 11.6. The lowest BCUT2D eigenvalue weighted by Gasteiger charge is -2.43. The van der Waals surface area contributed by atoms with Crippen LogP contribution in [0.1, 0.15) is 5.56 Å². The molecular formula is C25H18Br2N4O2S. The number of hydrazone groups is 2. The van der Waals surface area contributed by atoms with Gasteiger partial charge in [0, 0.05) is 14.5 Å². The predicted octanol–water partition coefficient (Wildman–Crippen LogP) is 6.39. The van der Waals surface area contributed by atoms with E-state index in [1.54, 1.807) is 0 Å². The molecular weight excluding hydrogens is 580 g/mol. The van der Waals surface area contributed by atoms with Gasteiger partial charge in [-0.2, -0.15) is 10.2 Å². The second kappa shape index (κ2) is 9.40. The average molecular weight is 598 g/mol. The largest absolute Gasteiger partial charge is 0.464 e. The second-order valence-corrected chi connectivity index (χ2v) is 10.4. The summed E-state index contributed by atoms with van der Waals surface area (Å²) in [7, 11) is 1.36. The molecule has 0 saturated carbocycles. The Kier molecular flexibility index (Phi) is 6.33. The molecule has 2 heterocycles. The molecule has 9 heteroatoms. The van der Waals surface area contributed by atoms with Gasteiger partial charge in [0.1, 0.15) is 0 Å². The molecule has 0 bridgehead atoms. The monoisotopic (exact) mass is 596 g/mol. The highest BCUT2D eigenvalue weighted by molar-refractivity contribution is 9.10. The first-order valence-electron chi connectivity index (χ1n) is 10.3. The lowest BCUT2D eigenvalue weighted by molar-refractivity contribution is -0.132. The van der Waals surface area contributed by atoms with E-state index in [-0.39, 0.29) is 5.04 Å². The highest BCUT2D eigenvalue weighted by Crippen LogP contribution is 2.48. The summed E-state index contributed by atoms with van der Waals surface area (Å²) < 4.78 is 6.95. The van der Waals surface area contributed by atoms with Gasteiger partial charge in [-0.25, -0.2) is 14.8 Å². The Labute approximate surface area is 218 Å². The van der Waals surface area contributed by atoms with Crippen molar-refractivity contribution in [1.82, 2.24) is 0 Å². The molecule has 5 rings (SSSR count). The minimum absolute atomic E-state index is 0.248. The summed E-state index contributed by atoms with van der Waals surface area (Å²) in [6.45, 7) is 0. The van der Waals surface area contributed by atoms with Crippen LogP contribution in [0.3, 0.4) is 0 Å². The molecule has 0 aliphatic carbocycles. The van der Waals surface area contributed by atoms with E-state index in [9.17, 15) is 4.79 Å². The molecule has 2 aliphatic rings. The first kappa shape index (κ1) is 22.9. The van der Waals surface area contributed by atoms with Crippen molar-refractivity contribution in [3.63, 3.8) is 0 Å². The lowest BCUT2D eigenvalue weighted by atomic mass is 10.1. The molecule has 3 aromatic carbocycles. The number of nitrogens with zero attached hydrogens (tertiary/aromatic N) is 4. The zero-order valence-electron chi connectivity index (χ0n) is 17.9. The number of esters is 1. The fraction of sp³-hybridized carbons (Fsp3) is 0.0800. The van der Waals surface area contributed by atoms with Crippen molar-refractivity contribution >= 4 is 71.7 Å². The van der Waals surface area contributed by atoms with Crippen molar-refractivity contribution in [2.75, 3.05) is 17.1 Å². The number of halogens is 2. The van der Waals surface area contributed by atoms with Crippen LogP contribution < -0.4 is 10.0 Å². The highest BCUT2D eigenvalue weighted by atomic mass is 79.9. The number of benzene rings is 3. The summed E-state index contributed by atoms with van der Waals surface area (Å²) in [6.07, 6.45) is 3.99. The van der Waals surface area contributed by atoms with E-state index in [1.807, 2.05) is 101 Å². The zero-order chi connectivity index (χ0) is 23.7. The molecule has 3 aromatic rings. The van der Waals surface area contributed by atoms with Crippen LogP contribution in [0.4, 0.5) is 11.4 Å². The maximum atomic E-state index is 12.5. The van der Waals surface area contributed by atoms with Crippen molar-refractivity contribution in [1.29, 1.82) is 0 Å². The summed E-state index contributed by atoms with van der Waals surface area (Å²) in [5.74, 6) is -0.493. The number of carbonyl (C=O) groups excluding carboxylic acids is 1. The number of thioether (sulfide) groups is 1. The lowest BCUT2D eigenvalue weighted by Crippen LogP contribution is -2.53. The SMILES string of the molecule is COC(=O)C1=NN(c2ccc(Br)cc2)[C@]2(C=CC(c3ccc(Br)cc3)=NN2c2ccccc2)S1. The number of ether oxygens (including phenoxy) is 1. The van der Waals surface area contributed by atoms with Gasteiger partial charge in [0.05, 0.1) is 24.2 Å². The third-order valence-corrected chi connectivity index (χ3v) is 7.56. The first-order chi connectivity index (χ1) is 16.5. The molecule has 1 spiro atoms. The van der Waals surface area contributed by atoms with Crippen molar-refractivity contribution in [2.45, 2.75) is 4.99 Å². The standard InChI is InChI=1S/C25H18Br2N4O2S/c1-33-24(32)23-29-31(21-13-11-19(27)12-14-21)25(34-23)16-15-22(17-7-9-18(26)10-8-17)28-30(25)20-5-3-2-4-6-20/h2-16H,1H3/t25-/m1/s1. The molecule has 0 unspecified atom stereocenters. The van der Waals surface area contributed by atoms with Gasteiger partial charge < -0.3 is 4.74 Å². The van der Waals surface area contributed by atoms with E-state index in [4.69, 9.17) is 9.84 Å². The van der Waals surface area contributed by atoms with E-state index < -0.39 is 11.0 Å². The van der Waals surface area contributed by atoms with Crippen LogP contribution in [-0.4, -0.2) is 28.8 Å². The summed E-state index contributed by atoms with van der Waals surface area (Å²) in [6, 6.07) is 25.6. The number of hydrogen-bond acceptors (Lipinski definition) is 7. The number of carbonyl (C=O) groups is 1. The number of methoxy groups -OCH3 is 1. The summed E-state index contributed by atoms with van der Waals surface area (Å²) in [5, 5.41) is 13.7. The van der Waals surface area contributed by atoms with Gasteiger partial charge in [-0.15, -0.1) is 0 Å². The Morgan fingerprint density at radius 1 is 0.853 bits per heavy atom. The quantitative estimate of drug-likeness (QED) is 0.326. The number of hydrogen-bond donors (Lipinski definition) is 0. The average Bonchev–Trinajstić information content (AvgIpc) is 3.25. The first-order valence-corrected chi connectivity index (χ1v) is 12.7. The van der Waals surface area contributed by atoms with Crippen molar-refractivity contribution in [2.24, 2.45) is 10.2 Å².